The van der Waals surface area contributed by atoms with E-state index in [1.165, 1.54) is 11.3 Å². The Balaban J connectivity index is 1.67. The summed E-state index contributed by atoms with van der Waals surface area (Å²) in [5.74, 6) is 1.69. The zero-order valence-electron chi connectivity index (χ0n) is 16.7. The van der Waals surface area contributed by atoms with E-state index in [2.05, 4.69) is 4.98 Å². The lowest BCUT2D eigenvalue weighted by Gasteiger charge is -2.24. The Bertz CT molecular complexity index is 805. The maximum atomic E-state index is 12.0. The number of hydrogen-bond donors (Lipinski definition) is 1. The molecule has 1 N–H and O–H groups in total. The molecule has 0 bridgehead atoms. The van der Waals surface area contributed by atoms with E-state index >= 15 is 0 Å². The van der Waals surface area contributed by atoms with Gasteiger partial charge in [-0.05, 0) is 44.0 Å². The van der Waals surface area contributed by atoms with Crippen molar-refractivity contribution in [3.63, 3.8) is 0 Å². The standard InChI is InChI=1S/C21H28N2O4S/c1-4-19(24)23-12-5-10-21(25,11-13-23)20-22-15(2)18(28-20)14-27-17-8-6-16(26-3)7-9-17/h6-9,25H,4-5,10-14H2,1-3H3/t21-/m1/s1. The molecule has 2 aromatic rings. The van der Waals surface area contributed by atoms with Crippen molar-refractivity contribution in [3.8, 4) is 11.5 Å². The van der Waals surface area contributed by atoms with Crippen molar-refractivity contribution in [2.75, 3.05) is 20.2 Å². The number of benzene rings is 1. The highest BCUT2D eigenvalue weighted by atomic mass is 32.1. The monoisotopic (exact) mass is 404 g/mol. The largest absolute Gasteiger partial charge is 0.497 e. The number of amides is 1. The molecule has 0 unspecified atom stereocenters. The van der Waals surface area contributed by atoms with Crippen molar-refractivity contribution in [2.24, 2.45) is 0 Å². The van der Waals surface area contributed by atoms with E-state index in [4.69, 9.17) is 9.47 Å². The van der Waals surface area contributed by atoms with E-state index in [-0.39, 0.29) is 5.91 Å². The van der Waals surface area contributed by atoms with Crippen molar-refractivity contribution in [1.82, 2.24) is 9.88 Å². The van der Waals surface area contributed by atoms with E-state index in [9.17, 15) is 9.90 Å². The van der Waals surface area contributed by atoms with Crippen LogP contribution in [0.15, 0.2) is 24.3 Å². The lowest BCUT2D eigenvalue weighted by Crippen LogP contribution is -2.33. The van der Waals surface area contributed by atoms with Gasteiger partial charge >= 0.3 is 0 Å². The molecule has 0 aliphatic carbocycles. The Hall–Kier alpha value is -2.12. The molecule has 2 heterocycles. The van der Waals surface area contributed by atoms with Crippen molar-refractivity contribution < 1.29 is 19.4 Å². The van der Waals surface area contributed by atoms with E-state index in [0.717, 1.165) is 33.5 Å². The lowest BCUT2D eigenvalue weighted by molar-refractivity contribution is -0.131. The quantitative estimate of drug-likeness (QED) is 0.796. The third-order valence-corrected chi connectivity index (χ3v) is 6.51. The fraction of sp³-hybridized carbons (Fsp3) is 0.524. The molecule has 1 aromatic carbocycles. The molecule has 1 aliphatic rings. The number of methoxy groups -OCH3 is 1. The summed E-state index contributed by atoms with van der Waals surface area (Å²) in [5.41, 5.74) is -0.0935. The fourth-order valence-electron chi connectivity index (χ4n) is 3.39. The average Bonchev–Trinajstić information content (AvgIpc) is 2.97. The normalized spacial score (nSPS) is 19.9. The summed E-state index contributed by atoms with van der Waals surface area (Å²) in [7, 11) is 1.63. The van der Waals surface area contributed by atoms with Crippen LogP contribution in [-0.2, 0) is 17.0 Å². The Kier molecular flexibility index (Phi) is 6.57. The number of aliphatic hydroxyl groups is 1. The second kappa shape index (κ2) is 8.92. The molecule has 1 saturated heterocycles. The zero-order valence-corrected chi connectivity index (χ0v) is 17.6. The third kappa shape index (κ3) is 4.64. The Labute approximate surface area is 170 Å². The maximum absolute atomic E-state index is 12.0. The number of thiazole rings is 1. The number of rotatable bonds is 6. The maximum Gasteiger partial charge on any atom is 0.222 e. The molecular formula is C21H28N2O4S. The molecule has 6 nitrogen and oxygen atoms in total. The van der Waals surface area contributed by atoms with Crippen molar-refractivity contribution in [1.29, 1.82) is 0 Å². The van der Waals surface area contributed by atoms with Crippen LogP contribution in [-0.4, -0.2) is 41.1 Å². The second-order valence-corrected chi connectivity index (χ2v) is 8.19. The molecule has 28 heavy (non-hydrogen) atoms. The van der Waals surface area contributed by atoms with Gasteiger partial charge in [-0.2, -0.15) is 0 Å². The molecule has 1 amide bonds. The Morgan fingerprint density at radius 1 is 1.25 bits per heavy atom. The highest BCUT2D eigenvalue weighted by molar-refractivity contribution is 7.11. The van der Waals surface area contributed by atoms with E-state index in [0.29, 0.717) is 39.0 Å². The van der Waals surface area contributed by atoms with Gasteiger partial charge in [0.05, 0.1) is 17.7 Å². The van der Waals surface area contributed by atoms with Crippen LogP contribution in [0.4, 0.5) is 0 Å². The van der Waals surface area contributed by atoms with Crippen LogP contribution < -0.4 is 9.47 Å². The molecule has 152 valence electrons. The van der Waals surface area contributed by atoms with E-state index in [1.54, 1.807) is 7.11 Å². The Morgan fingerprint density at radius 2 is 1.96 bits per heavy atom. The van der Waals surface area contributed by atoms with Crippen LogP contribution in [0, 0.1) is 6.92 Å². The summed E-state index contributed by atoms with van der Waals surface area (Å²) in [5, 5.41) is 12.0. The number of carbonyl (C=O) groups excluding carboxylic acids is 1. The van der Waals surface area contributed by atoms with Gasteiger partial charge in [0.2, 0.25) is 5.91 Å². The smallest absolute Gasteiger partial charge is 0.222 e. The highest BCUT2D eigenvalue weighted by Crippen LogP contribution is 2.37. The summed E-state index contributed by atoms with van der Waals surface area (Å²) >= 11 is 1.50. The van der Waals surface area contributed by atoms with Crippen LogP contribution in [0.1, 0.15) is 48.2 Å². The minimum Gasteiger partial charge on any atom is -0.497 e. The molecule has 0 saturated carbocycles. The summed E-state index contributed by atoms with van der Waals surface area (Å²) in [6.45, 7) is 5.50. The first-order chi connectivity index (χ1) is 13.4. The van der Waals surface area contributed by atoms with Crippen LogP contribution >= 0.6 is 11.3 Å². The average molecular weight is 405 g/mol. The van der Waals surface area contributed by atoms with Crippen LogP contribution in [0.5, 0.6) is 11.5 Å². The molecule has 0 spiro atoms. The van der Waals surface area contributed by atoms with E-state index in [1.807, 2.05) is 43.0 Å². The minimum absolute atomic E-state index is 0.146. The predicted octanol–water partition coefficient (Wildman–Crippen LogP) is 3.65. The molecule has 1 fully saturated rings. The minimum atomic E-state index is -0.976. The SMILES string of the molecule is CCC(=O)N1CCC[C@](O)(c2nc(C)c(COc3ccc(OC)cc3)s2)CC1. The summed E-state index contributed by atoms with van der Waals surface area (Å²) < 4.78 is 11.0. The first-order valence-corrected chi connectivity index (χ1v) is 10.5. The van der Waals surface area contributed by atoms with Gasteiger partial charge in [0, 0.05) is 25.9 Å². The number of aryl methyl sites for hydroxylation is 1. The first-order valence-electron chi connectivity index (χ1n) is 9.69. The number of carbonyl (C=O) groups is 1. The second-order valence-electron chi connectivity index (χ2n) is 7.11. The fourth-order valence-corrected chi connectivity index (χ4v) is 4.51. The van der Waals surface area contributed by atoms with Crippen molar-refractivity contribution in [2.45, 2.75) is 51.7 Å². The van der Waals surface area contributed by atoms with Crippen LogP contribution in [0.2, 0.25) is 0 Å². The number of likely N-dealkylation sites (tertiary alicyclic amines) is 1. The van der Waals surface area contributed by atoms with E-state index < -0.39 is 5.60 Å². The third-order valence-electron chi connectivity index (χ3n) is 5.19. The number of ether oxygens (including phenoxy) is 2. The van der Waals surface area contributed by atoms with Crippen LogP contribution in [0.3, 0.4) is 0 Å². The van der Waals surface area contributed by atoms with Gasteiger partial charge < -0.3 is 19.5 Å². The Morgan fingerprint density at radius 3 is 2.64 bits per heavy atom. The number of nitrogens with zero attached hydrogens (tertiary/aromatic N) is 2. The van der Waals surface area contributed by atoms with Gasteiger partial charge in [0.1, 0.15) is 28.7 Å². The van der Waals surface area contributed by atoms with Gasteiger partial charge in [-0.1, -0.05) is 6.92 Å². The van der Waals surface area contributed by atoms with Crippen molar-refractivity contribution in [3.05, 3.63) is 39.8 Å². The van der Waals surface area contributed by atoms with Gasteiger partial charge in [0.15, 0.2) is 0 Å². The molecular weight excluding hydrogens is 376 g/mol. The van der Waals surface area contributed by atoms with Crippen molar-refractivity contribution >= 4 is 17.2 Å². The summed E-state index contributed by atoms with van der Waals surface area (Å²) in [6, 6.07) is 7.46. The summed E-state index contributed by atoms with van der Waals surface area (Å²) in [6.07, 6.45) is 2.41. The molecule has 1 atom stereocenters. The number of aromatic nitrogens is 1. The molecule has 3 rings (SSSR count). The van der Waals surface area contributed by atoms with Gasteiger partial charge in [-0.25, -0.2) is 4.98 Å². The topological polar surface area (TPSA) is 71.9 Å². The van der Waals surface area contributed by atoms with Gasteiger partial charge in [-0.3, -0.25) is 4.79 Å². The van der Waals surface area contributed by atoms with Crippen LogP contribution in [0.25, 0.3) is 0 Å². The molecule has 7 heteroatoms. The predicted molar refractivity (Wildman–Crippen MR) is 109 cm³/mol. The van der Waals surface area contributed by atoms with Gasteiger partial charge in [-0.15, -0.1) is 11.3 Å². The molecule has 1 aliphatic heterocycles. The van der Waals surface area contributed by atoms with Gasteiger partial charge in [0.25, 0.3) is 0 Å². The molecule has 0 radical (unpaired) electrons. The first kappa shape index (κ1) is 20.6. The summed E-state index contributed by atoms with van der Waals surface area (Å²) in [4.78, 5) is 19.5. The molecule has 1 aromatic heterocycles. The lowest BCUT2D eigenvalue weighted by atomic mass is 9.96. The highest BCUT2D eigenvalue weighted by Gasteiger charge is 2.36. The zero-order chi connectivity index (χ0) is 20.1. The number of hydrogen-bond acceptors (Lipinski definition) is 6.